The zero-order chi connectivity index (χ0) is 58.0. The summed E-state index contributed by atoms with van der Waals surface area (Å²) in [7, 11) is 2.73. The third kappa shape index (κ3) is 19.0. The Hall–Kier alpha value is -6.24. The Morgan fingerprint density at radius 2 is 1.04 bits per heavy atom. The average Bonchev–Trinajstić information content (AvgIpc) is 4.09. The minimum absolute atomic E-state index is 0.290. The molecule has 0 spiro atoms. The van der Waals surface area contributed by atoms with Gasteiger partial charge in [-0.05, 0) is 162 Å². The molecule has 8 rings (SSSR count). The van der Waals surface area contributed by atoms with Crippen molar-refractivity contribution in [1.82, 2.24) is 60.1 Å². The number of rotatable bonds is 10. The van der Waals surface area contributed by atoms with Crippen LogP contribution in [0.1, 0.15) is 119 Å². The lowest BCUT2D eigenvalue weighted by Crippen LogP contribution is -2.41. The summed E-state index contributed by atoms with van der Waals surface area (Å²) >= 11 is 9.05. The lowest BCUT2D eigenvalue weighted by atomic mass is 9.49. The minimum Gasteiger partial charge on any atom is -0.444 e. The molecule has 6 aromatic heterocycles. The fourth-order valence-electron chi connectivity index (χ4n) is 6.83. The lowest BCUT2D eigenvalue weighted by Gasteiger charge is -2.32. The Morgan fingerprint density at radius 3 is 1.42 bits per heavy atom. The summed E-state index contributed by atoms with van der Waals surface area (Å²) < 4.78 is 38.5. The fourth-order valence-corrected chi connectivity index (χ4v) is 7.41. The predicted octanol–water partition coefficient (Wildman–Crippen LogP) is 10.4. The number of nitrogens with one attached hydrogen (secondary N) is 4. The van der Waals surface area contributed by atoms with Crippen molar-refractivity contribution in [2.45, 2.75) is 157 Å². The smallest absolute Gasteiger partial charge is 0.444 e. The number of carbonyl (C=O) groups is 2. The Morgan fingerprint density at radius 1 is 0.628 bits per heavy atom. The number of hydrogen-bond acceptors (Lipinski definition) is 18. The van der Waals surface area contributed by atoms with Crippen LogP contribution in [0.3, 0.4) is 0 Å². The van der Waals surface area contributed by atoms with Crippen LogP contribution in [0.25, 0.3) is 11.3 Å². The van der Waals surface area contributed by atoms with Crippen LogP contribution in [0.15, 0.2) is 78.3 Å². The molecule has 78 heavy (non-hydrogen) atoms. The molecule has 0 bridgehead atoms. The summed E-state index contributed by atoms with van der Waals surface area (Å²) in [5, 5.41) is 20.0. The first-order valence-electron chi connectivity index (χ1n) is 25.1. The number of alkyl carbamates (subject to hydrolysis) is 2. The van der Waals surface area contributed by atoms with Crippen molar-refractivity contribution in [3.8, 4) is 11.3 Å². The molecule has 420 valence electrons. The maximum Gasteiger partial charge on any atom is 0.488 e. The molecule has 2 saturated heterocycles. The monoisotopic (exact) mass is 1160 g/mol. The first-order valence-corrected chi connectivity index (χ1v) is 26.3. The summed E-state index contributed by atoms with van der Waals surface area (Å²) in [6.07, 6.45) is 12.9. The second-order valence-electron chi connectivity index (χ2n) is 22.4. The fraction of sp³-hybridized carbons (Fsp3) is 0.500. The van der Waals surface area contributed by atoms with Gasteiger partial charge in [-0.2, -0.15) is 10.2 Å². The topological polar surface area (TPSA) is 251 Å². The maximum atomic E-state index is 11.8. The standard InChI is InChI=1S/C20H25N7O2.C12H24B2O4.C12H17BrN2O2.C8H8ClN5/c1-13-8-14(9-22-17(13)11-23-19(28)29-20(2,3)4)16-6-7-21-18(26-16)25-15-10-24-27(5)12-15;1-9(2)10(3,4)16-13(15-9)14-17-11(5,6)12(7,8)18-14;1-8-5-9(13)6-14-10(8)7-15-11(16)17-12(2,3)4;1-14-5-6(4-11-14)12-8-10-3-2-7(9)13-8/h6-10,12H,11H2,1-5H3,(H,23,28)(H,21,25,26);1-8H3;5-6H,7H2,1-4H3,(H,15,16);2-5H,1H3,(H,10,12,13). The molecule has 0 unspecified atom stereocenters. The normalized spacial score (nSPS) is 15.8. The number of nitrogens with zero attached hydrogens (tertiary/aromatic N) is 10. The van der Waals surface area contributed by atoms with Crippen molar-refractivity contribution in [2.75, 3.05) is 10.6 Å². The lowest BCUT2D eigenvalue weighted by molar-refractivity contribution is 0.00578. The van der Waals surface area contributed by atoms with Gasteiger partial charge in [0.2, 0.25) is 11.9 Å². The van der Waals surface area contributed by atoms with E-state index in [0.29, 0.717) is 30.1 Å². The van der Waals surface area contributed by atoms with Crippen molar-refractivity contribution in [3.63, 3.8) is 0 Å². The van der Waals surface area contributed by atoms with Crippen molar-refractivity contribution in [1.29, 1.82) is 0 Å². The van der Waals surface area contributed by atoms with Crippen LogP contribution in [0, 0.1) is 13.8 Å². The predicted molar refractivity (Wildman–Crippen MR) is 305 cm³/mol. The van der Waals surface area contributed by atoms with Gasteiger partial charge >= 0.3 is 26.2 Å². The molecule has 0 saturated carbocycles. The zero-order valence-electron chi connectivity index (χ0n) is 48.0. The zero-order valence-corrected chi connectivity index (χ0v) is 50.3. The number of carbonyl (C=O) groups excluding carboxylic acids is 2. The molecule has 6 aromatic rings. The average molecular weight is 1160 g/mol. The second-order valence-corrected chi connectivity index (χ2v) is 23.7. The highest BCUT2D eigenvalue weighted by atomic mass is 79.9. The molecule has 2 aliphatic rings. The Labute approximate surface area is 472 Å². The van der Waals surface area contributed by atoms with Gasteiger partial charge in [0, 0.05) is 61.3 Å². The first kappa shape index (κ1) is 62.6. The van der Waals surface area contributed by atoms with E-state index < -0.39 is 37.4 Å². The quantitative estimate of drug-likeness (QED) is 0.0735. The summed E-state index contributed by atoms with van der Waals surface area (Å²) in [5.74, 6) is 0.939. The number of anilines is 4. The molecule has 4 N–H and O–H groups in total. The Bertz CT molecular complexity index is 2920. The highest BCUT2D eigenvalue weighted by Gasteiger charge is 2.63. The molecule has 0 radical (unpaired) electrons. The highest BCUT2D eigenvalue weighted by molar-refractivity contribution is 9.10. The van der Waals surface area contributed by atoms with Crippen LogP contribution in [-0.4, -0.2) is 109 Å². The van der Waals surface area contributed by atoms with Crippen LogP contribution in [0.4, 0.5) is 32.9 Å². The van der Waals surface area contributed by atoms with E-state index in [0.717, 1.165) is 49.6 Å². The first-order chi connectivity index (χ1) is 36.1. The largest absolute Gasteiger partial charge is 0.488 e. The molecule has 2 aliphatic heterocycles. The van der Waals surface area contributed by atoms with Crippen LogP contribution >= 0.6 is 27.5 Å². The van der Waals surface area contributed by atoms with E-state index in [9.17, 15) is 9.59 Å². The number of hydrogen-bond donors (Lipinski definition) is 4. The molecule has 26 heteroatoms. The number of aryl methyl sites for hydroxylation is 4. The summed E-state index contributed by atoms with van der Waals surface area (Å²) in [6.45, 7) is 31.7. The second kappa shape index (κ2) is 25.7. The molecule has 0 atom stereocenters. The summed E-state index contributed by atoms with van der Waals surface area (Å²) in [6, 6.07) is 7.38. The van der Waals surface area contributed by atoms with Gasteiger partial charge in [0.1, 0.15) is 16.4 Å². The van der Waals surface area contributed by atoms with Gasteiger partial charge in [0.15, 0.2) is 0 Å². The van der Waals surface area contributed by atoms with Crippen LogP contribution in [0.5, 0.6) is 0 Å². The van der Waals surface area contributed by atoms with Crippen molar-refractivity contribution < 1.29 is 37.7 Å². The number of ether oxygens (including phenoxy) is 2. The number of aromatic nitrogens is 10. The molecule has 2 fully saturated rings. The van der Waals surface area contributed by atoms with Gasteiger partial charge in [-0.25, -0.2) is 29.5 Å². The SMILES string of the molecule is CC1(C)OB(B2OC(C)(C)C(C)(C)O2)OC1(C)C.Cc1cc(-c2ccnc(Nc3cnn(C)c3)n2)cnc1CNC(=O)OC(C)(C)C.Cc1cc(Br)cnc1CNC(=O)OC(C)(C)C.Cn1cc(Nc2nccc(Cl)n2)cn1. The third-order valence-corrected chi connectivity index (χ3v) is 12.8. The van der Waals surface area contributed by atoms with Crippen molar-refractivity contribution in [3.05, 3.63) is 106 Å². The molecular weight excluding hydrogens is 1090 g/mol. The molecule has 22 nitrogen and oxygen atoms in total. The maximum absolute atomic E-state index is 11.8. The van der Waals surface area contributed by atoms with Crippen molar-refractivity contribution in [2.24, 2.45) is 14.1 Å². The number of halogens is 2. The van der Waals surface area contributed by atoms with Gasteiger partial charge in [-0.1, -0.05) is 11.6 Å². The van der Waals surface area contributed by atoms with Gasteiger partial charge in [-0.3, -0.25) is 19.3 Å². The number of amides is 2. The van der Waals surface area contributed by atoms with Gasteiger partial charge < -0.3 is 49.4 Å². The van der Waals surface area contributed by atoms with E-state index >= 15 is 0 Å². The van der Waals surface area contributed by atoms with Crippen LogP contribution < -0.4 is 21.3 Å². The molecule has 2 amide bonds. The summed E-state index contributed by atoms with van der Waals surface area (Å²) in [4.78, 5) is 48.7. The molecule has 0 aliphatic carbocycles. The van der Waals surface area contributed by atoms with Crippen molar-refractivity contribution >= 4 is 77.0 Å². The molecular formula is C52H74B2BrClN14O8. The van der Waals surface area contributed by atoms with E-state index in [2.05, 4.69) is 77.3 Å². The number of pyridine rings is 2. The minimum atomic E-state index is -0.537. The molecule has 0 aromatic carbocycles. The van der Waals surface area contributed by atoms with Gasteiger partial charge in [0.25, 0.3) is 0 Å². The Balaban J connectivity index is 0.000000200. The van der Waals surface area contributed by atoms with E-state index in [1.807, 2.05) is 155 Å². The van der Waals surface area contributed by atoms with E-state index in [4.69, 9.17) is 39.7 Å². The van der Waals surface area contributed by atoms with E-state index in [-0.39, 0.29) is 22.4 Å². The van der Waals surface area contributed by atoms with Crippen LogP contribution in [0.2, 0.25) is 5.15 Å². The summed E-state index contributed by atoms with van der Waals surface area (Å²) in [5.41, 5.74) is 4.35. The highest BCUT2D eigenvalue weighted by Crippen LogP contribution is 2.43. The Kier molecular flexibility index (Phi) is 20.6. The van der Waals surface area contributed by atoms with Crippen LogP contribution in [-0.2, 0) is 55.3 Å². The third-order valence-electron chi connectivity index (χ3n) is 12.2. The van der Waals surface area contributed by atoms with E-state index in [1.54, 1.807) is 52.6 Å². The molecule has 8 heterocycles. The van der Waals surface area contributed by atoms with E-state index in [1.165, 1.54) is 0 Å². The van der Waals surface area contributed by atoms with Gasteiger partial charge in [0.05, 0.1) is 76.3 Å². The van der Waals surface area contributed by atoms with Gasteiger partial charge in [-0.15, -0.1) is 0 Å².